The first kappa shape index (κ1) is 15.8. The van der Waals surface area contributed by atoms with Crippen LogP contribution in [0.25, 0.3) is 16.6 Å². The predicted molar refractivity (Wildman–Crippen MR) is 105 cm³/mol. The minimum atomic E-state index is -0.185. The molecule has 0 unspecified atom stereocenters. The van der Waals surface area contributed by atoms with Crippen molar-refractivity contribution in [3.63, 3.8) is 0 Å². The lowest BCUT2D eigenvalue weighted by molar-refractivity contribution is 0.101. The molecule has 1 N–H and O–H groups in total. The molecule has 5 nitrogen and oxygen atoms in total. The number of para-hydroxylation sites is 2. The van der Waals surface area contributed by atoms with Crippen LogP contribution in [0.1, 0.15) is 34.9 Å². The number of nitrogens with zero attached hydrogens (tertiary/aromatic N) is 3. The lowest BCUT2D eigenvalue weighted by Gasteiger charge is -2.09. The Morgan fingerprint density at radius 2 is 1.78 bits per heavy atom. The van der Waals surface area contributed by atoms with E-state index in [0.29, 0.717) is 17.3 Å². The maximum atomic E-state index is 13.0. The smallest absolute Gasteiger partial charge is 0.274 e. The summed E-state index contributed by atoms with van der Waals surface area (Å²) in [5.41, 5.74) is 3.98. The largest absolute Gasteiger partial charge is 0.319 e. The second-order valence-corrected chi connectivity index (χ2v) is 6.85. The standard InChI is InChI=1S/C22H18N4O/c27-22(24-17-12-16-6-4-5-9-19(16)23-14-17)21-13-20(15-10-11-15)25-26(21)18-7-2-1-3-8-18/h1-9,12-15H,10-11H2,(H,24,27). The first-order valence-electron chi connectivity index (χ1n) is 9.09. The van der Waals surface area contributed by atoms with E-state index < -0.39 is 0 Å². The lowest BCUT2D eigenvalue weighted by atomic mass is 10.2. The summed E-state index contributed by atoms with van der Waals surface area (Å²) in [6.45, 7) is 0. The fraction of sp³-hybridized carbons (Fsp3) is 0.136. The molecule has 0 bridgehead atoms. The summed E-state index contributed by atoms with van der Waals surface area (Å²) in [5, 5.41) is 8.66. The average molecular weight is 354 g/mol. The zero-order valence-electron chi connectivity index (χ0n) is 14.7. The van der Waals surface area contributed by atoms with Gasteiger partial charge >= 0.3 is 0 Å². The van der Waals surface area contributed by atoms with E-state index in [-0.39, 0.29) is 5.91 Å². The molecule has 1 amide bonds. The quantitative estimate of drug-likeness (QED) is 0.585. The van der Waals surface area contributed by atoms with Crippen LogP contribution in [-0.4, -0.2) is 20.7 Å². The van der Waals surface area contributed by atoms with Gasteiger partial charge in [-0.05, 0) is 43.2 Å². The van der Waals surface area contributed by atoms with E-state index >= 15 is 0 Å². The van der Waals surface area contributed by atoms with E-state index in [4.69, 9.17) is 5.10 Å². The molecule has 2 aromatic carbocycles. The summed E-state index contributed by atoms with van der Waals surface area (Å²) in [4.78, 5) is 17.4. The molecular weight excluding hydrogens is 336 g/mol. The van der Waals surface area contributed by atoms with E-state index in [0.717, 1.165) is 35.1 Å². The molecule has 1 aliphatic rings. The van der Waals surface area contributed by atoms with E-state index in [1.54, 1.807) is 10.9 Å². The van der Waals surface area contributed by atoms with Crippen LogP contribution in [0.3, 0.4) is 0 Å². The molecule has 0 radical (unpaired) electrons. The van der Waals surface area contributed by atoms with Crippen molar-refractivity contribution in [2.75, 3.05) is 5.32 Å². The molecule has 2 aromatic heterocycles. The van der Waals surface area contributed by atoms with Gasteiger partial charge in [0.25, 0.3) is 5.91 Å². The van der Waals surface area contributed by atoms with Crippen molar-refractivity contribution in [3.05, 3.63) is 84.3 Å². The van der Waals surface area contributed by atoms with Crippen LogP contribution in [-0.2, 0) is 0 Å². The van der Waals surface area contributed by atoms with Crippen LogP contribution in [0.2, 0.25) is 0 Å². The highest BCUT2D eigenvalue weighted by Crippen LogP contribution is 2.39. The topological polar surface area (TPSA) is 59.8 Å². The fourth-order valence-corrected chi connectivity index (χ4v) is 3.24. The molecule has 5 heteroatoms. The van der Waals surface area contributed by atoms with Crippen molar-refractivity contribution in [1.29, 1.82) is 0 Å². The van der Waals surface area contributed by atoms with Gasteiger partial charge in [-0.3, -0.25) is 9.78 Å². The highest BCUT2D eigenvalue weighted by Gasteiger charge is 2.29. The molecule has 27 heavy (non-hydrogen) atoms. The number of carbonyl (C=O) groups is 1. The number of hydrogen-bond acceptors (Lipinski definition) is 3. The molecule has 0 atom stereocenters. The second kappa shape index (κ2) is 6.36. The summed E-state index contributed by atoms with van der Waals surface area (Å²) in [7, 11) is 0. The highest BCUT2D eigenvalue weighted by atomic mass is 16.2. The number of fused-ring (bicyclic) bond motifs is 1. The van der Waals surface area contributed by atoms with Crippen LogP contribution in [0.5, 0.6) is 0 Å². The van der Waals surface area contributed by atoms with E-state index in [1.165, 1.54) is 0 Å². The van der Waals surface area contributed by atoms with Gasteiger partial charge in [-0.2, -0.15) is 5.10 Å². The summed E-state index contributed by atoms with van der Waals surface area (Å²) in [5.74, 6) is 0.291. The van der Waals surface area contributed by atoms with Crippen LogP contribution < -0.4 is 5.32 Å². The third-order valence-electron chi connectivity index (χ3n) is 4.81. The number of rotatable bonds is 4. The average Bonchev–Trinajstić information content (AvgIpc) is 3.47. The minimum absolute atomic E-state index is 0.185. The van der Waals surface area contributed by atoms with Gasteiger partial charge in [-0.1, -0.05) is 36.4 Å². The van der Waals surface area contributed by atoms with Gasteiger partial charge in [0.15, 0.2) is 0 Å². The summed E-state index contributed by atoms with van der Waals surface area (Å²) >= 11 is 0. The third kappa shape index (κ3) is 3.08. The molecule has 0 aliphatic heterocycles. The van der Waals surface area contributed by atoms with Gasteiger partial charge < -0.3 is 5.32 Å². The highest BCUT2D eigenvalue weighted by molar-refractivity contribution is 6.04. The molecule has 5 rings (SSSR count). The predicted octanol–water partition coefficient (Wildman–Crippen LogP) is 4.55. The molecule has 0 saturated heterocycles. The zero-order valence-corrected chi connectivity index (χ0v) is 14.7. The molecule has 2 heterocycles. The molecule has 1 saturated carbocycles. The van der Waals surface area contributed by atoms with Gasteiger partial charge in [0.1, 0.15) is 5.69 Å². The molecule has 132 valence electrons. The first-order valence-corrected chi connectivity index (χ1v) is 9.09. The monoisotopic (exact) mass is 354 g/mol. The maximum Gasteiger partial charge on any atom is 0.274 e. The number of hydrogen-bond donors (Lipinski definition) is 1. The lowest BCUT2D eigenvalue weighted by Crippen LogP contribution is -2.17. The molecule has 1 fully saturated rings. The number of pyridine rings is 1. The van der Waals surface area contributed by atoms with Crippen LogP contribution in [0.4, 0.5) is 5.69 Å². The van der Waals surface area contributed by atoms with Crippen LogP contribution >= 0.6 is 0 Å². The van der Waals surface area contributed by atoms with Crippen molar-refractivity contribution in [2.24, 2.45) is 0 Å². The van der Waals surface area contributed by atoms with Crippen molar-refractivity contribution in [1.82, 2.24) is 14.8 Å². The minimum Gasteiger partial charge on any atom is -0.319 e. The van der Waals surface area contributed by atoms with E-state index in [9.17, 15) is 4.79 Å². The van der Waals surface area contributed by atoms with Crippen molar-refractivity contribution >= 4 is 22.5 Å². The zero-order chi connectivity index (χ0) is 18.2. The number of nitrogens with one attached hydrogen (secondary N) is 1. The Morgan fingerprint density at radius 3 is 2.59 bits per heavy atom. The van der Waals surface area contributed by atoms with Crippen molar-refractivity contribution < 1.29 is 4.79 Å². The van der Waals surface area contributed by atoms with E-state index in [2.05, 4.69) is 10.3 Å². The van der Waals surface area contributed by atoms with Crippen LogP contribution in [0, 0.1) is 0 Å². The number of carbonyl (C=O) groups excluding carboxylic acids is 1. The number of benzene rings is 2. The Hall–Kier alpha value is -3.47. The molecular formula is C22H18N4O. The number of anilines is 1. The number of aromatic nitrogens is 3. The van der Waals surface area contributed by atoms with Crippen molar-refractivity contribution in [3.8, 4) is 5.69 Å². The van der Waals surface area contributed by atoms with Gasteiger partial charge in [-0.15, -0.1) is 0 Å². The molecule has 0 spiro atoms. The Balaban J connectivity index is 1.50. The van der Waals surface area contributed by atoms with Crippen LogP contribution in [0.15, 0.2) is 72.9 Å². The summed E-state index contributed by atoms with van der Waals surface area (Å²) in [6, 6.07) is 21.5. The Morgan fingerprint density at radius 1 is 1.00 bits per heavy atom. The maximum absolute atomic E-state index is 13.0. The molecule has 1 aliphatic carbocycles. The van der Waals surface area contributed by atoms with Crippen molar-refractivity contribution in [2.45, 2.75) is 18.8 Å². The van der Waals surface area contributed by atoms with E-state index in [1.807, 2.05) is 66.7 Å². The van der Waals surface area contributed by atoms with Gasteiger partial charge in [0, 0.05) is 11.3 Å². The summed E-state index contributed by atoms with van der Waals surface area (Å²) < 4.78 is 1.73. The SMILES string of the molecule is O=C(Nc1cnc2ccccc2c1)c1cc(C2CC2)nn1-c1ccccc1. The Labute approximate surface area is 156 Å². The Bertz CT molecular complexity index is 1130. The summed E-state index contributed by atoms with van der Waals surface area (Å²) in [6.07, 6.45) is 3.97. The second-order valence-electron chi connectivity index (χ2n) is 6.85. The molecule has 4 aromatic rings. The third-order valence-corrected chi connectivity index (χ3v) is 4.81. The van der Waals surface area contributed by atoms with Gasteiger partial charge in [-0.25, -0.2) is 4.68 Å². The first-order chi connectivity index (χ1) is 13.3. The van der Waals surface area contributed by atoms with Gasteiger partial charge in [0.05, 0.1) is 28.8 Å². The fourth-order valence-electron chi connectivity index (χ4n) is 3.24. The number of amides is 1. The Kier molecular flexibility index (Phi) is 3.71. The normalized spacial score (nSPS) is 13.6. The van der Waals surface area contributed by atoms with Gasteiger partial charge in [0.2, 0.25) is 0 Å².